The van der Waals surface area contributed by atoms with Gasteiger partial charge in [0, 0.05) is 0 Å². The molecule has 31 heavy (non-hydrogen) atoms. The molecule has 0 saturated heterocycles. The summed E-state index contributed by atoms with van der Waals surface area (Å²) in [5.41, 5.74) is 2.03. The summed E-state index contributed by atoms with van der Waals surface area (Å²) < 4.78 is 29.4. The Balaban J connectivity index is 1.58. The van der Waals surface area contributed by atoms with E-state index < -0.39 is 10.0 Å². The van der Waals surface area contributed by atoms with E-state index in [9.17, 15) is 13.2 Å². The third-order valence-electron chi connectivity index (χ3n) is 4.53. The Morgan fingerprint density at radius 1 is 0.968 bits per heavy atom. The van der Waals surface area contributed by atoms with E-state index in [1.807, 2.05) is 35.2 Å². The van der Waals surface area contributed by atoms with Crippen molar-refractivity contribution in [1.29, 1.82) is 0 Å². The topological polar surface area (TPSA) is 78.8 Å². The van der Waals surface area contributed by atoms with Crippen LogP contribution in [0.4, 0.5) is 11.4 Å². The number of thioether (sulfide) groups is 1. The normalized spacial score (nSPS) is 14.5. The number of nitrogens with one attached hydrogen (secondary N) is 1. The van der Waals surface area contributed by atoms with Gasteiger partial charge in [0.05, 0.1) is 28.7 Å². The summed E-state index contributed by atoms with van der Waals surface area (Å²) in [5.74, 6) is -0.329. The molecule has 6 nitrogen and oxygen atoms in total. The van der Waals surface area contributed by atoms with E-state index in [2.05, 4.69) is 9.71 Å². The van der Waals surface area contributed by atoms with Gasteiger partial charge < -0.3 is 10.2 Å². The summed E-state index contributed by atoms with van der Waals surface area (Å²) in [4.78, 5) is 14.4. The molecule has 3 aromatic rings. The number of hydrogen-bond acceptors (Lipinski definition) is 5. The van der Waals surface area contributed by atoms with E-state index in [1.165, 1.54) is 6.07 Å². The molecule has 1 aliphatic heterocycles. The second-order valence-corrected chi connectivity index (χ2v) is 9.63. The van der Waals surface area contributed by atoms with E-state index >= 15 is 0 Å². The quantitative estimate of drug-likeness (QED) is 0.579. The van der Waals surface area contributed by atoms with Crippen LogP contribution >= 0.6 is 23.4 Å². The number of nitrogens with zero attached hydrogens (tertiary/aromatic N) is 2. The van der Waals surface area contributed by atoms with Gasteiger partial charge in [-0.2, -0.15) is 8.42 Å². The Morgan fingerprint density at radius 2 is 1.65 bits per heavy atom. The van der Waals surface area contributed by atoms with Gasteiger partial charge in [0.1, 0.15) is 4.90 Å². The van der Waals surface area contributed by atoms with Crippen LogP contribution in [0.25, 0.3) is 0 Å². The highest BCUT2D eigenvalue weighted by molar-refractivity contribution is 8.15. The lowest BCUT2D eigenvalue weighted by Crippen LogP contribution is -2.34. The number of benzene rings is 3. The minimum Gasteiger partial charge on any atom is -0.324 e. The van der Waals surface area contributed by atoms with Crippen LogP contribution in [0.5, 0.6) is 0 Å². The SMILES string of the molecule is O=C(CSC1=NS(=O)(=O)c2ccccc2N1Cc1ccccc1)Nc1ccccc1Cl. The summed E-state index contributed by atoms with van der Waals surface area (Å²) in [6.07, 6.45) is 0. The fraction of sp³-hybridized carbons (Fsp3) is 0.0909. The fourth-order valence-corrected chi connectivity index (χ4v) is 5.54. The second kappa shape index (κ2) is 9.13. The Hall–Kier alpha value is -2.81. The zero-order chi connectivity index (χ0) is 21.8. The van der Waals surface area contributed by atoms with E-state index in [0.29, 0.717) is 22.9 Å². The van der Waals surface area contributed by atoms with Crippen LogP contribution in [0, 0.1) is 0 Å². The van der Waals surface area contributed by atoms with Gasteiger partial charge in [0.25, 0.3) is 10.0 Å². The summed E-state index contributed by atoms with van der Waals surface area (Å²) in [6.45, 7) is 0.422. The molecule has 0 fully saturated rings. The molecule has 1 aliphatic rings. The predicted molar refractivity (Wildman–Crippen MR) is 126 cm³/mol. The molecule has 1 N–H and O–H groups in total. The average molecular weight is 472 g/mol. The lowest BCUT2D eigenvalue weighted by Gasteiger charge is -2.30. The third-order valence-corrected chi connectivity index (χ3v) is 7.26. The molecule has 0 aliphatic carbocycles. The van der Waals surface area contributed by atoms with Gasteiger partial charge >= 0.3 is 0 Å². The van der Waals surface area contributed by atoms with Crippen LogP contribution < -0.4 is 10.2 Å². The number of rotatable bonds is 5. The highest BCUT2D eigenvalue weighted by Crippen LogP contribution is 2.35. The smallest absolute Gasteiger partial charge is 0.286 e. The Labute approximate surface area is 190 Å². The van der Waals surface area contributed by atoms with Crippen LogP contribution in [-0.2, 0) is 21.4 Å². The third kappa shape index (κ3) is 4.92. The monoisotopic (exact) mass is 471 g/mol. The number of para-hydroxylation sites is 2. The largest absolute Gasteiger partial charge is 0.324 e. The van der Waals surface area contributed by atoms with Gasteiger partial charge in [-0.3, -0.25) is 4.79 Å². The maximum atomic E-state index is 12.7. The summed E-state index contributed by atoms with van der Waals surface area (Å²) in [7, 11) is -3.86. The highest BCUT2D eigenvalue weighted by Gasteiger charge is 2.31. The maximum Gasteiger partial charge on any atom is 0.286 e. The first-order valence-electron chi connectivity index (χ1n) is 9.37. The zero-order valence-electron chi connectivity index (χ0n) is 16.2. The van der Waals surface area contributed by atoms with Crippen molar-refractivity contribution in [3.05, 3.63) is 89.4 Å². The molecule has 1 amide bonds. The highest BCUT2D eigenvalue weighted by atomic mass is 35.5. The van der Waals surface area contributed by atoms with Crippen molar-refractivity contribution in [1.82, 2.24) is 0 Å². The van der Waals surface area contributed by atoms with E-state index in [1.54, 1.807) is 42.5 Å². The molecular weight excluding hydrogens is 454 g/mol. The van der Waals surface area contributed by atoms with Crippen molar-refractivity contribution >= 4 is 55.8 Å². The van der Waals surface area contributed by atoms with Crippen LogP contribution in [0.3, 0.4) is 0 Å². The van der Waals surface area contributed by atoms with Crippen molar-refractivity contribution in [3.8, 4) is 0 Å². The molecule has 0 saturated carbocycles. The first-order valence-corrected chi connectivity index (χ1v) is 12.2. The number of carbonyl (C=O) groups excluding carboxylic acids is 1. The van der Waals surface area contributed by atoms with Crippen LogP contribution in [-0.4, -0.2) is 25.2 Å². The molecule has 0 bridgehead atoms. The zero-order valence-corrected chi connectivity index (χ0v) is 18.6. The number of halogens is 1. The minimum absolute atomic E-state index is 0.0208. The Bertz CT molecular complexity index is 1250. The standard InChI is InChI=1S/C22H18ClN3O3S2/c23-17-10-4-5-11-18(17)24-21(27)15-30-22-25-31(28,29)20-13-7-6-12-19(20)26(22)14-16-8-2-1-3-9-16/h1-13H,14-15H2,(H,24,27). The van der Waals surface area contributed by atoms with Gasteiger partial charge in [0.15, 0.2) is 5.17 Å². The molecule has 4 rings (SSSR count). The number of amides is 1. The fourth-order valence-electron chi connectivity index (χ4n) is 3.10. The second-order valence-electron chi connectivity index (χ2n) is 6.71. The van der Waals surface area contributed by atoms with Crippen molar-refractivity contribution in [2.45, 2.75) is 11.4 Å². The summed E-state index contributed by atoms with van der Waals surface area (Å²) >= 11 is 7.16. The molecule has 0 spiro atoms. The number of fused-ring (bicyclic) bond motifs is 1. The maximum absolute atomic E-state index is 12.7. The van der Waals surface area contributed by atoms with Crippen molar-refractivity contribution < 1.29 is 13.2 Å². The molecule has 3 aromatic carbocycles. The van der Waals surface area contributed by atoms with Gasteiger partial charge in [-0.15, -0.1) is 4.40 Å². The van der Waals surface area contributed by atoms with E-state index in [0.717, 1.165) is 17.3 Å². The molecule has 9 heteroatoms. The predicted octanol–water partition coefficient (Wildman–Crippen LogP) is 4.78. The molecule has 1 heterocycles. The van der Waals surface area contributed by atoms with Crippen LogP contribution in [0.2, 0.25) is 5.02 Å². The van der Waals surface area contributed by atoms with Crippen LogP contribution in [0.1, 0.15) is 5.56 Å². The van der Waals surface area contributed by atoms with Crippen LogP contribution in [0.15, 0.2) is 88.2 Å². The number of amidine groups is 1. The number of hydrogen-bond donors (Lipinski definition) is 1. The summed E-state index contributed by atoms with van der Waals surface area (Å²) in [5, 5.41) is 3.42. The average Bonchev–Trinajstić information content (AvgIpc) is 2.77. The van der Waals surface area contributed by atoms with E-state index in [4.69, 9.17) is 11.6 Å². The van der Waals surface area contributed by atoms with Crippen molar-refractivity contribution in [2.75, 3.05) is 16.0 Å². The molecular formula is C22H18ClN3O3S2. The Kier molecular flexibility index (Phi) is 6.31. The number of sulfonamides is 1. The van der Waals surface area contributed by atoms with Gasteiger partial charge in [0.2, 0.25) is 5.91 Å². The first kappa shape index (κ1) is 21.4. The van der Waals surface area contributed by atoms with Crippen molar-refractivity contribution in [2.24, 2.45) is 4.40 Å². The van der Waals surface area contributed by atoms with E-state index in [-0.39, 0.29) is 21.7 Å². The van der Waals surface area contributed by atoms with Gasteiger partial charge in [-0.25, -0.2) is 0 Å². The molecule has 0 aromatic heterocycles. The molecule has 0 radical (unpaired) electrons. The first-order chi connectivity index (χ1) is 14.9. The molecule has 158 valence electrons. The van der Waals surface area contributed by atoms with Gasteiger partial charge in [-0.1, -0.05) is 78.0 Å². The minimum atomic E-state index is -3.86. The lowest BCUT2D eigenvalue weighted by atomic mass is 10.2. The molecule has 0 unspecified atom stereocenters. The number of anilines is 2. The Morgan fingerprint density at radius 3 is 2.42 bits per heavy atom. The number of carbonyl (C=O) groups is 1. The summed E-state index contributed by atoms with van der Waals surface area (Å²) in [6, 6.07) is 23.3. The molecule has 0 atom stereocenters. The van der Waals surface area contributed by atoms with Crippen molar-refractivity contribution in [3.63, 3.8) is 0 Å². The van der Waals surface area contributed by atoms with Gasteiger partial charge in [-0.05, 0) is 29.8 Å². The lowest BCUT2D eigenvalue weighted by molar-refractivity contribution is -0.113.